The summed E-state index contributed by atoms with van der Waals surface area (Å²) in [7, 11) is -3.77. The van der Waals surface area contributed by atoms with E-state index in [1.807, 2.05) is 19.1 Å². The fourth-order valence-electron chi connectivity index (χ4n) is 8.58. The van der Waals surface area contributed by atoms with Crippen molar-refractivity contribution in [2.24, 2.45) is 34.5 Å². The SMILES string of the molecule is CC(=O)O[C@H]1CC[C@@]2(C)[C@@H](CC[C@@H]3[C@@H]2CC[C@]2(C)[C@@H](OS(=O)(=O)c4ccc(C)cc4)CC[C@@H]32)C1. The highest BCUT2D eigenvalue weighted by Crippen LogP contribution is 2.66. The lowest BCUT2D eigenvalue weighted by Gasteiger charge is -2.60. The average molecular weight is 489 g/mol. The highest BCUT2D eigenvalue weighted by molar-refractivity contribution is 7.86. The van der Waals surface area contributed by atoms with Crippen LogP contribution < -0.4 is 0 Å². The first-order chi connectivity index (χ1) is 16.0. The predicted molar refractivity (Wildman–Crippen MR) is 131 cm³/mol. The predicted octanol–water partition coefficient (Wildman–Crippen LogP) is 6.04. The molecule has 4 aliphatic rings. The van der Waals surface area contributed by atoms with Crippen LogP contribution >= 0.6 is 0 Å². The quantitative estimate of drug-likeness (QED) is 0.381. The molecule has 0 saturated heterocycles. The maximum absolute atomic E-state index is 13.1. The van der Waals surface area contributed by atoms with Crippen LogP contribution in [0.1, 0.15) is 84.1 Å². The van der Waals surface area contributed by atoms with Gasteiger partial charge in [0.25, 0.3) is 10.1 Å². The maximum Gasteiger partial charge on any atom is 0.302 e. The van der Waals surface area contributed by atoms with Gasteiger partial charge in [-0.2, -0.15) is 8.42 Å². The second-order valence-electron chi connectivity index (χ2n) is 12.1. The van der Waals surface area contributed by atoms with Crippen LogP contribution in [0.25, 0.3) is 0 Å². The molecule has 4 saturated carbocycles. The molecule has 0 bridgehead atoms. The van der Waals surface area contributed by atoms with Crippen molar-refractivity contribution in [2.75, 3.05) is 0 Å². The van der Waals surface area contributed by atoms with Gasteiger partial charge in [-0.25, -0.2) is 0 Å². The minimum atomic E-state index is -3.77. The van der Waals surface area contributed by atoms with Crippen molar-refractivity contribution in [1.82, 2.24) is 0 Å². The van der Waals surface area contributed by atoms with Crippen LogP contribution in [0.3, 0.4) is 0 Å². The zero-order valence-electron chi connectivity index (χ0n) is 21.1. The van der Waals surface area contributed by atoms with Gasteiger partial charge in [0.15, 0.2) is 0 Å². The number of aryl methyl sites for hydroxylation is 1. The maximum atomic E-state index is 13.1. The van der Waals surface area contributed by atoms with Crippen molar-refractivity contribution in [3.63, 3.8) is 0 Å². The van der Waals surface area contributed by atoms with Crippen molar-refractivity contribution in [1.29, 1.82) is 0 Å². The van der Waals surface area contributed by atoms with Crippen molar-refractivity contribution in [3.8, 4) is 0 Å². The lowest BCUT2D eigenvalue weighted by molar-refractivity contribution is -0.160. The van der Waals surface area contributed by atoms with E-state index in [4.69, 9.17) is 8.92 Å². The number of hydrogen-bond acceptors (Lipinski definition) is 5. The molecular weight excluding hydrogens is 448 g/mol. The number of ether oxygens (including phenoxy) is 1. The van der Waals surface area contributed by atoms with Crippen molar-refractivity contribution in [2.45, 2.75) is 103 Å². The van der Waals surface area contributed by atoms with Crippen molar-refractivity contribution >= 4 is 16.1 Å². The molecule has 0 radical (unpaired) electrons. The van der Waals surface area contributed by atoms with Crippen LogP contribution in [0.2, 0.25) is 0 Å². The van der Waals surface area contributed by atoms with E-state index in [9.17, 15) is 13.2 Å². The molecule has 0 heterocycles. The fraction of sp³-hybridized carbons (Fsp3) is 0.750. The molecule has 0 aromatic heterocycles. The van der Waals surface area contributed by atoms with Gasteiger partial charge in [0.1, 0.15) is 6.10 Å². The number of hydrogen-bond donors (Lipinski definition) is 0. The number of carbonyl (C=O) groups excluding carboxylic acids is 1. The summed E-state index contributed by atoms with van der Waals surface area (Å²) in [4.78, 5) is 11.8. The Kier molecular flexibility index (Phi) is 6.16. The van der Waals surface area contributed by atoms with Crippen molar-refractivity contribution in [3.05, 3.63) is 29.8 Å². The van der Waals surface area contributed by atoms with E-state index in [1.54, 1.807) is 12.1 Å². The Morgan fingerprint density at radius 1 is 0.912 bits per heavy atom. The van der Waals surface area contributed by atoms with E-state index in [-0.39, 0.29) is 28.5 Å². The number of rotatable bonds is 4. The molecule has 0 N–H and O–H groups in total. The van der Waals surface area contributed by atoms with Crippen LogP contribution in [-0.2, 0) is 23.8 Å². The van der Waals surface area contributed by atoms with Gasteiger partial charge in [-0.15, -0.1) is 0 Å². The topological polar surface area (TPSA) is 69.7 Å². The largest absolute Gasteiger partial charge is 0.463 e. The number of carbonyl (C=O) groups is 1. The van der Waals surface area contributed by atoms with Gasteiger partial charge < -0.3 is 4.74 Å². The Labute approximate surface area is 205 Å². The molecule has 8 atom stereocenters. The van der Waals surface area contributed by atoms with Gasteiger partial charge in [0.2, 0.25) is 0 Å². The first-order valence-electron chi connectivity index (χ1n) is 13.2. The lowest BCUT2D eigenvalue weighted by atomic mass is 9.45. The Morgan fingerprint density at radius 3 is 2.29 bits per heavy atom. The number of esters is 1. The number of fused-ring (bicyclic) bond motifs is 5. The second-order valence-corrected chi connectivity index (χ2v) is 13.7. The molecule has 5 rings (SSSR count). The van der Waals surface area contributed by atoms with Gasteiger partial charge in [-0.3, -0.25) is 8.98 Å². The summed E-state index contributed by atoms with van der Waals surface area (Å²) >= 11 is 0. The van der Waals surface area contributed by atoms with Gasteiger partial charge >= 0.3 is 5.97 Å². The van der Waals surface area contributed by atoms with Gasteiger partial charge in [-0.1, -0.05) is 31.5 Å². The third kappa shape index (κ3) is 4.03. The second kappa shape index (κ2) is 8.62. The van der Waals surface area contributed by atoms with Crippen molar-refractivity contribution < 1.29 is 22.1 Å². The molecule has 4 fully saturated rings. The Bertz CT molecular complexity index is 1030. The molecule has 0 amide bonds. The minimum absolute atomic E-state index is 0.0808. The van der Waals surface area contributed by atoms with E-state index in [0.717, 1.165) is 50.5 Å². The third-order valence-corrected chi connectivity index (χ3v) is 11.8. The molecule has 1 aromatic carbocycles. The fourth-order valence-corrected chi connectivity index (χ4v) is 9.79. The van der Waals surface area contributed by atoms with Gasteiger partial charge in [0.05, 0.1) is 11.0 Å². The highest BCUT2D eigenvalue weighted by Gasteiger charge is 2.61. The first kappa shape index (κ1) is 24.3. The van der Waals surface area contributed by atoms with Crippen LogP contribution in [0.5, 0.6) is 0 Å². The lowest BCUT2D eigenvalue weighted by Crippen LogP contribution is -2.54. The summed E-state index contributed by atoms with van der Waals surface area (Å²) in [6.45, 7) is 8.26. The Hall–Kier alpha value is -1.40. The molecule has 5 nitrogen and oxygen atoms in total. The summed E-state index contributed by atoms with van der Waals surface area (Å²) in [5.41, 5.74) is 1.25. The van der Waals surface area contributed by atoms with E-state index in [2.05, 4.69) is 13.8 Å². The molecule has 4 aliphatic carbocycles. The molecule has 6 heteroatoms. The summed E-state index contributed by atoms with van der Waals surface area (Å²) in [5, 5.41) is 0. The molecule has 0 spiro atoms. The van der Waals surface area contributed by atoms with Crippen LogP contribution in [0.15, 0.2) is 29.2 Å². The summed E-state index contributed by atoms with van der Waals surface area (Å²) in [6.07, 6.45) is 9.39. The monoisotopic (exact) mass is 488 g/mol. The van der Waals surface area contributed by atoms with E-state index < -0.39 is 10.1 Å². The zero-order valence-corrected chi connectivity index (χ0v) is 21.9. The van der Waals surface area contributed by atoms with Gasteiger partial charge in [-0.05, 0) is 111 Å². The Balaban J connectivity index is 1.32. The molecule has 0 aliphatic heterocycles. The normalized spacial score (nSPS) is 41.8. The van der Waals surface area contributed by atoms with E-state index >= 15 is 0 Å². The summed E-state index contributed by atoms with van der Waals surface area (Å²) in [5.74, 6) is 2.30. The van der Waals surface area contributed by atoms with Gasteiger partial charge in [0, 0.05) is 6.92 Å². The summed E-state index contributed by atoms with van der Waals surface area (Å²) in [6, 6.07) is 6.97. The smallest absolute Gasteiger partial charge is 0.302 e. The summed E-state index contributed by atoms with van der Waals surface area (Å²) < 4.78 is 37.8. The standard InChI is InChI=1S/C28H40O5S/c1-18-5-8-22(9-6-18)34(30,31)33-26-12-11-24-23-10-7-20-17-21(32-19(2)29)13-15-27(20,3)25(23)14-16-28(24,26)4/h5-6,8-9,20-21,23-26H,7,10-17H2,1-4H3/t20-,21-,23-,24-,25-,26-,27-,28-/m0/s1. The highest BCUT2D eigenvalue weighted by atomic mass is 32.2. The number of benzene rings is 1. The molecule has 188 valence electrons. The minimum Gasteiger partial charge on any atom is -0.463 e. The molecular formula is C28H40O5S. The zero-order chi connectivity index (χ0) is 24.3. The molecule has 34 heavy (non-hydrogen) atoms. The van der Waals surface area contributed by atoms with E-state index in [1.165, 1.54) is 19.8 Å². The van der Waals surface area contributed by atoms with E-state index in [0.29, 0.717) is 29.1 Å². The van der Waals surface area contributed by atoms with Crippen LogP contribution in [0.4, 0.5) is 0 Å². The Morgan fingerprint density at radius 2 is 1.59 bits per heavy atom. The van der Waals surface area contributed by atoms with Crippen LogP contribution in [0, 0.1) is 41.4 Å². The third-order valence-electron chi connectivity index (χ3n) is 10.4. The molecule has 1 aromatic rings. The molecule has 0 unspecified atom stereocenters. The van der Waals surface area contributed by atoms with Crippen LogP contribution in [-0.4, -0.2) is 26.6 Å². The first-order valence-corrected chi connectivity index (χ1v) is 14.6. The average Bonchev–Trinajstić information content (AvgIpc) is 3.09.